The van der Waals surface area contributed by atoms with Gasteiger partial charge >= 0.3 is 0 Å². The van der Waals surface area contributed by atoms with Crippen molar-refractivity contribution in [3.05, 3.63) is 83.1 Å². The van der Waals surface area contributed by atoms with Gasteiger partial charge in [-0.2, -0.15) is 5.26 Å². The fourth-order valence-electron chi connectivity index (χ4n) is 2.61. The van der Waals surface area contributed by atoms with E-state index in [9.17, 15) is 5.26 Å². The Hall–Kier alpha value is -3.30. The number of fused-ring (bicyclic) bond motifs is 1. The number of aromatic nitrogens is 2. The maximum absolute atomic E-state index is 9.68. The van der Waals surface area contributed by atoms with Crippen molar-refractivity contribution in [2.45, 2.75) is 11.4 Å². The van der Waals surface area contributed by atoms with E-state index in [1.165, 1.54) is 0 Å². The van der Waals surface area contributed by atoms with E-state index in [-0.39, 0.29) is 0 Å². The van der Waals surface area contributed by atoms with E-state index in [1.807, 2.05) is 54.6 Å². The molecule has 0 saturated carbocycles. The second-order valence-electron chi connectivity index (χ2n) is 5.64. The number of nitriles is 1. The van der Waals surface area contributed by atoms with Crippen LogP contribution in [0.25, 0.3) is 5.57 Å². The fourth-order valence-corrected chi connectivity index (χ4v) is 3.62. The summed E-state index contributed by atoms with van der Waals surface area (Å²) in [6.07, 6.45) is 1.67. The smallest absolute Gasteiger partial charge is 0.223 e. The van der Waals surface area contributed by atoms with Gasteiger partial charge in [0.05, 0.1) is 16.4 Å². The van der Waals surface area contributed by atoms with Crippen molar-refractivity contribution in [1.82, 2.24) is 9.97 Å². The molecule has 0 fully saturated rings. The van der Waals surface area contributed by atoms with Crippen LogP contribution in [0.4, 0.5) is 11.6 Å². The Kier molecular flexibility index (Phi) is 4.54. The molecule has 1 aliphatic heterocycles. The molecule has 0 saturated heterocycles. The summed E-state index contributed by atoms with van der Waals surface area (Å²) in [6.45, 7) is 0.626. The molecule has 0 unspecified atom stereocenters. The second kappa shape index (κ2) is 7.30. The molecule has 0 spiro atoms. The van der Waals surface area contributed by atoms with Crippen molar-refractivity contribution in [2.75, 3.05) is 10.6 Å². The molecule has 3 aromatic rings. The Bertz CT molecular complexity index is 981. The van der Waals surface area contributed by atoms with Gasteiger partial charge in [0.25, 0.3) is 0 Å². The van der Waals surface area contributed by atoms with E-state index in [0.29, 0.717) is 23.8 Å². The van der Waals surface area contributed by atoms with Crippen LogP contribution in [0, 0.1) is 11.3 Å². The van der Waals surface area contributed by atoms with Gasteiger partial charge in [-0.05, 0) is 23.8 Å². The summed E-state index contributed by atoms with van der Waals surface area (Å²) in [6, 6.07) is 22.1. The average Bonchev–Trinajstić information content (AvgIpc) is 3.12. The average molecular weight is 357 g/mol. The molecule has 2 N–H and O–H groups in total. The molecule has 0 radical (unpaired) electrons. The summed E-state index contributed by atoms with van der Waals surface area (Å²) in [5, 5.41) is 17.0. The standard InChI is InChI=1S/C20H15N5S/c21-12-15(19-24-17-8-4-5-9-18(17)26-19)16-10-11-22-20(25-16)23-13-14-6-2-1-3-7-14/h1-11,24H,13H2,(H,22,23,25)/b19-15+. The summed E-state index contributed by atoms with van der Waals surface area (Å²) in [7, 11) is 0. The lowest BCUT2D eigenvalue weighted by Gasteiger charge is -2.07. The van der Waals surface area contributed by atoms with Gasteiger partial charge in [-0.3, -0.25) is 0 Å². The van der Waals surface area contributed by atoms with E-state index in [1.54, 1.807) is 24.0 Å². The molecular weight excluding hydrogens is 342 g/mol. The van der Waals surface area contributed by atoms with Crippen molar-refractivity contribution in [3.8, 4) is 6.07 Å². The van der Waals surface area contributed by atoms with Crippen molar-refractivity contribution < 1.29 is 0 Å². The first-order valence-electron chi connectivity index (χ1n) is 8.13. The van der Waals surface area contributed by atoms with E-state index < -0.39 is 0 Å². The molecule has 0 amide bonds. The summed E-state index contributed by atoms with van der Waals surface area (Å²) < 4.78 is 0. The number of para-hydroxylation sites is 1. The normalized spacial score (nSPS) is 14.1. The largest absolute Gasteiger partial charge is 0.350 e. The van der Waals surface area contributed by atoms with Gasteiger partial charge in [-0.15, -0.1) is 0 Å². The van der Waals surface area contributed by atoms with Crippen LogP contribution in [-0.2, 0) is 6.54 Å². The molecule has 0 aliphatic carbocycles. The minimum atomic E-state index is 0.500. The van der Waals surface area contributed by atoms with Crippen molar-refractivity contribution in [2.24, 2.45) is 0 Å². The lowest BCUT2D eigenvalue weighted by Crippen LogP contribution is -2.05. The minimum Gasteiger partial charge on any atom is -0.350 e. The number of nitrogens with zero attached hydrogens (tertiary/aromatic N) is 3. The van der Waals surface area contributed by atoms with E-state index in [2.05, 4.69) is 26.7 Å². The van der Waals surface area contributed by atoms with Crippen LogP contribution >= 0.6 is 11.8 Å². The number of allylic oxidation sites excluding steroid dienone is 1. The zero-order valence-corrected chi connectivity index (χ0v) is 14.6. The molecule has 126 valence electrons. The Morgan fingerprint density at radius 2 is 1.88 bits per heavy atom. The molecule has 4 rings (SSSR count). The third kappa shape index (κ3) is 3.39. The highest BCUT2D eigenvalue weighted by molar-refractivity contribution is 8.04. The van der Waals surface area contributed by atoms with Gasteiger partial charge in [0, 0.05) is 17.6 Å². The topological polar surface area (TPSA) is 73.6 Å². The monoisotopic (exact) mass is 357 g/mol. The highest BCUT2D eigenvalue weighted by Crippen LogP contribution is 2.43. The summed E-state index contributed by atoms with van der Waals surface area (Å²) in [4.78, 5) is 9.87. The molecule has 0 bridgehead atoms. The quantitative estimate of drug-likeness (QED) is 0.670. The minimum absolute atomic E-state index is 0.500. The summed E-state index contributed by atoms with van der Waals surface area (Å²) >= 11 is 1.54. The molecule has 26 heavy (non-hydrogen) atoms. The van der Waals surface area contributed by atoms with Gasteiger partial charge in [0.15, 0.2) is 0 Å². The molecule has 1 aromatic heterocycles. The van der Waals surface area contributed by atoms with E-state index in [0.717, 1.165) is 21.2 Å². The van der Waals surface area contributed by atoms with Crippen LogP contribution in [-0.4, -0.2) is 9.97 Å². The maximum Gasteiger partial charge on any atom is 0.223 e. The first-order valence-corrected chi connectivity index (χ1v) is 8.94. The zero-order valence-electron chi connectivity index (χ0n) is 13.8. The molecular formula is C20H15N5S. The van der Waals surface area contributed by atoms with E-state index >= 15 is 0 Å². The molecule has 6 heteroatoms. The van der Waals surface area contributed by atoms with Crippen molar-refractivity contribution in [1.29, 1.82) is 5.26 Å². The number of rotatable bonds is 4. The predicted molar refractivity (Wildman–Crippen MR) is 104 cm³/mol. The number of benzene rings is 2. The number of hydrogen-bond acceptors (Lipinski definition) is 6. The lowest BCUT2D eigenvalue weighted by atomic mass is 10.2. The van der Waals surface area contributed by atoms with Crippen molar-refractivity contribution >= 4 is 29.0 Å². The molecule has 5 nitrogen and oxygen atoms in total. The van der Waals surface area contributed by atoms with Gasteiger partial charge in [-0.1, -0.05) is 54.2 Å². The Morgan fingerprint density at radius 3 is 2.69 bits per heavy atom. The van der Waals surface area contributed by atoms with Crippen LogP contribution in [0.2, 0.25) is 0 Å². The maximum atomic E-state index is 9.68. The molecule has 2 aromatic carbocycles. The third-order valence-electron chi connectivity index (χ3n) is 3.89. The van der Waals surface area contributed by atoms with Gasteiger partial charge in [0.1, 0.15) is 11.6 Å². The van der Waals surface area contributed by atoms with Crippen LogP contribution in [0.5, 0.6) is 0 Å². The summed E-state index contributed by atoms with van der Waals surface area (Å²) in [5.74, 6) is 0.500. The van der Waals surface area contributed by atoms with Crippen LogP contribution in [0.3, 0.4) is 0 Å². The SMILES string of the molecule is N#C/C(=C1/Nc2ccccc2S1)c1ccnc(NCc2ccccc2)n1. The van der Waals surface area contributed by atoms with E-state index in [4.69, 9.17) is 0 Å². The van der Waals surface area contributed by atoms with Gasteiger partial charge in [-0.25, -0.2) is 9.97 Å². The van der Waals surface area contributed by atoms with Gasteiger partial charge < -0.3 is 10.6 Å². The molecule has 1 aliphatic rings. The number of nitrogens with one attached hydrogen (secondary N) is 2. The summed E-state index contributed by atoms with van der Waals surface area (Å²) in [5.41, 5.74) is 3.26. The van der Waals surface area contributed by atoms with Crippen molar-refractivity contribution in [3.63, 3.8) is 0 Å². The fraction of sp³-hybridized carbons (Fsp3) is 0.0500. The Balaban J connectivity index is 1.57. The highest BCUT2D eigenvalue weighted by atomic mass is 32.2. The van der Waals surface area contributed by atoms with Crippen LogP contribution in [0.15, 0.2) is 76.8 Å². The Morgan fingerprint density at radius 1 is 1.08 bits per heavy atom. The number of thioether (sulfide) groups is 1. The van der Waals surface area contributed by atoms with Gasteiger partial charge in [0.2, 0.25) is 5.95 Å². The number of hydrogen-bond donors (Lipinski definition) is 2. The Labute approximate surface area is 155 Å². The second-order valence-corrected chi connectivity index (χ2v) is 6.70. The number of anilines is 2. The highest BCUT2D eigenvalue weighted by Gasteiger charge is 2.20. The first-order chi connectivity index (χ1) is 12.8. The molecule has 2 heterocycles. The van der Waals surface area contributed by atoms with Crippen LogP contribution in [0.1, 0.15) is 11.3 Å². The third-order valence-corrected chi connectivity index (χ3v) is 4.98. The first kappa shape index (κ1) is 16.2. The zero-order chi connectivity index (χ0) is 17.8. The lowest BCUT2D eigenvalue weighted by molar-refractivity contribution is 1.05. The molecule has 0 atom stereocenters. The predicted octanol–water partition coefficient (Wildman–Crippen LogP) is 4.50. The van der Waals surface area contributed by atoms with Crippen LogP contribution < -0.4 is 10.6 Å².